The standard InChI is InChI=1S/C18H31N9O2/c19-6-11(7-20)12-9-25-27-15(21)5-14(26-17(12)27)10-1-2-13(24-8-10)18(29)23-4-3-16(22)28/h5-6,10,13-14,24-26H,1-4,7-9,19-21H2,(H2,22,28)(H,23,29)/b11-6+/t10-,13-,14?/m0/s1. The first-order valence-corrected chi connectivity index (χ1v) is 9.85. The number of rotatable bonds is 7. The third-order valence-electron chi connectivity index (χ3n) is 5.59. The van der Waals surface area contributed by atoms with Gasteiger partial charge in [-0.1, -0.05) is 0 Å². The van der Waals surface area contributed by atoms with Gasteiger partial charge in [0.05, 0.1) is 12.1 Å². The number of fused-ring (bicyclic) bond motifs is 1. The molecule has 0 aromatic rings. The summed E-state index contributed by atoms with van der Waals surface area (Å²) in [5.74, 6) is 1.24. The highest BCUT2D eigenvalue weighted by Gasteiger charge is 2.36. The van der Waals surface area contributed by atoms with E-state index in [1.807, 2.05) is 11.1 Å². The summed E-state index contributed by atoms with van der Waals surface area (Å²) < 4.78 is 0. The average molecular weight is 406 g/mol. The summed E-state index contributed by atoms with van der Waals surface area (Å²) >= 11 is 0. The number of carbonyl (C=O) groups is 2. The highest BCUT2D eigenvalue weighted by molar-refractivity contribution is 5.82. The molecule has 0 aromatic heterocycles. The molecule has 29 heavy (non-hydrogen) atoms. The van der Waals surface area contributed by atoms with Crippen molar-refractivity contribution in [2.75, 3.05) is 26.2 Å². The number of hydrazine groups is 1. The van der Waals surface area contributed by atoms with Crippen molar-refractivity contribution in [2.45, 2.75) is 31.3 Å². The average Bonchev–Trinajstić information content (AvgIpc) is 3.13. The van der Waals surface area contributed by atoms with Crippen LogP contribution in [-0.2, 0) is 9.59 Å². The third kappa shape index (κ3) is 4.63. The topological polar surface area (TPSA) is 190 Å². The number of hydrogen-bond donors (Lipinski definition) is 8. The second-order valence-electron chi connectivity index (χ2n) is 7.46. The molecule has 3 atom stereocenters. The Labute approximate surface area is 169 Å². The van der Waals surface area contributed by atoms with Crippen LogP contribution in [0.25, 0.3) is 0 Å². The molecule has 11 nitrogen and oxygen atoms in total. The van der Waals surface area contributed by atoms with Gasteiger partial charge in [0.25, 0.3) is 0 Å². The molecule has 3 rings (SSSR count). The van der Waals surface area contributed by atoms with Gasteiger partial charge >= 0.3 is 0 Å². The molecule has 1 saturated heterocycles. The fraction of sp³-hybridized carbons (Fsp3) is 0.556. The van der Waals surface area contributed by atoms with Crippen LogP contribution >= 0.6 is 0 Å². The van der Waals surface area contributed by atoms with Gasteiger partial charge in [0.2, 0.25) is 11.8 Å². The SMILES string of the molecule is N/C=C(\CN)C1=C2NC([C@H]3CC[C@@H](C(=O)NCCC(N)=O)NC3)C=C(N)N2NC1. The van der Waals surface area contributed by atoms with Gasteiger partial charge in [0.15, 0.2) is 0 Å². The molecule has 0 radical (unpaired) electrons. The van der Waals surface area contributed by atoms with E-state index in [4.69, 9.17) is 22.9 Å². The normalized spacial score (nSPS) is 27.2. The molecule has 3 aliphatic heterocycles. The van der Waals surface area contributed by atoms with Crippen LogP contribution in [0, 0.1) is 5.92 Å². The van der Waals surface area contributed by atoms with Crippen molar-refractivity contribution in [1.82, 2.24) is 26.4 Å². The molecular formula is C18H31N9O2. The zero-order valence-corrected chi connectivity index (χ0v) is 16.4. The van der Waals surface area contributed by atoms with Crippen molar-refractivity contribution in [3.63, 3.8) is 0 Å². The van der Waals surface area contributed by atoms with Gasteiger partial charge in [-0.3, -0.25) is 9.59 Å². The van der Waals surface area contributed by atoms with Crippen molar-refractivity contribution < 1.29 is 9.59 Å². The summed E-state index contributed by atoms with van der Waals surface area (Å²) in [6.07, 6.45) is 5.22. The maximum Gasteiger partial charge on any atom is 0.237 e. The van der Waals surface area contributed by atoms with E-state index in [1.54, 1.807) is 0 Å². The van der Waals surface area contributed by atoms with Crippen LogP contribution in [0.4, 0.5) is 0 Å². The molecule has 160 valence electrons. The molecule has 11 heteroatoms. The minimum atomic E-state index is -0.430. The van der Waals surface area contributed by atoms with Crippen LogP contribution in [0.15, 0.2) is 35.1 Å². The number of primary amides is 1. The second-order valence-corrected chi connectivity index (χ2v) is 7.46. The predicted molar refractivity (Wildman–Crippen MR) is 109 cm³/mol. The summed E-state index contributed by atoms with van der Waals surface area (Å²) in [5, 5.41) is 11.4. The molecule has 1 unspecified atom stereocenters. The molecule has 3 aliphatic rings. The molecule has 0 spiro atoms. The van der Waals surface area contributed by atoms with Gasteiger partial charge in [-0.15, -0.1) is 0 Å². The smallest absolute Gasteiger partial charge is 0.237 e. The highest BCUT2D eigenvalue weighted by atomic mass is 16.2. The fourth-order valence-corrected chi connectivity index (χ4v) is 3.94. The van der Waals surface area contributed by atoms with Crippen molar-refractivity contribution in [1.29, 1.82) is 0 Å². The summed E-state index contributed by atoms with van der Waals surface area (Å²) in [5.41, 5.74) is 28.0. The lowest BCUT2D eigenvalue weighted by molar-refractivity contribution is -0.124. The van der Waals surface area contributed by atoms with Crippen LogP contribution in [0.3, 0.4) is 0 Å². The van der Waals surface area contributed by atoms with Gasteiger partial charge in [0, 0.05) is 38.2 Å². The molecule has 3 heterocycles. The largest absolute Gasteiger partial charge is 0.404 e. The van der Waals surface area contributed by atoms with Crippen LogP contribution < -0.4 is 44.3 Å². The van der Waals surface area contributed by atoms with Crippen molar-refractivity contribution in [2.24, 2.45) is 28.9 Å². The van der Waals surface area contributed by atoms with Gasteiger partial charge in [-0.2, -0.15) is 0 Å². The number of nitrogens with zero attached hydrogens (tertiary/aromatic N) is 1. The zero-order valence-electron chi connectivity index (χ0n) is 16.4. The van der Waals surface area contributed by atoms with E-state index >= 15 is 0 Å². The van der Waals surface area contributed by atoms with E-state index in [2.05, 4.69) is 21.4 Å². The van der Waals surface area contributed by atoms with Gasteiger partial charge < -0.3 is 38.9 Å². The van der Waals surface area contributed by atoms with Gasteiger partial charge in [0.1, 0.15) is 11.6 Å². The Morgan fingerprint density at radius 3 is 2.76 bits per heavy atom. The fourth-order valence-electron chi connectivity index (χ4n) is 3.94. The number of nitrogens with two attached hydrogens (primary N) is 4. The quantitative estimate of drug-likeness (QED) is 0.217. The van der Waals surface area contributed by atoms with E-state index in [0.717, 1.165) is 23.4 Å². The summed E-state index contributed by atoms with van der Waals surface area (Å²) in [4.78, 5) is 23.0. The first-order valence-electron chi connectivity index (χ1n) is 9.85. The second kappa shape index (κ2) is 9.16. The number of hydrogen-bond acceptors (Lipinski definition) is 9. The van der Waals surface area contributed by atoms with E-state index in [-0.39, 0.29) is 36.9 Å². The number of nitrogens with one attached hydrogen (secondary N) is 4. The third-order valence-corrected chi connectivity index (χ3v) is 5.59. The van der Waals surface area contributed by atoms with Gasteiger partial charge in [-0.25, -0.2) is 10.4 Å². The zero-order chi connectivity index (χ0) is 21.0. The van der Waals surface area contributed by atoms with Crippen LogP contribution in [0.5, 0.6) is 0 Å². The van der Waals surface area contributed by atoms with Crippen LogP contribution in [0.2, 0.25) is 0 Å². The number of amides is 2. The number of carbonyl (C=O) groups excluding carboxylic acids is 2. The molecule has 0 aliphatic carbocycles. The first-order chi connectivity index (χ1) is 13.9. The Morgan fingerprint density at radius 1 is 1.34 bits per heavy atom. The Hall–Kier alpha value is -2.76. The van der Waals surface area contributed by atoms with E-state index in [1.165, 1.54) is 6.20 Å². The molecule has 12 N–H and O–H groups in total. The van der Waals surface area contributed by atoms with Crippen LogP contribution in [0.1, 0.15) is 19.3 Å². The van der Waals surface area contributed by atoms with E-state index < -0.39 is 5.91 Å². The minimum absolute atomic E-state index is 0.0271. The Bertz CT molecular complexity index is 738. The molecule has 0 bridgehead atoms. The van der Waals surface area contributed by atoms with Crippen LogP contribution in [-0.4, -0.2) is 55.1 Å². The van der Waals surface area contributed by atoms with Crippen molar-refractivity contribution >= 4 is 11.8 Å². The Morgan fingerprint density at radius 2 is 2.14 bits per heavy atom. The van der Waals surface area contributed by atoms with E-state index in [0.29, 0.717) is 31.9 Å². The summed E-state index contributed by atoms with van der Waals surface area (Å²) in [6, 6.07) is -0.244. The Kier molecular flexibility index (Phi) is 6.62. The van der Waals surface area contributed by atoms with Gasteiger partial charge in [-0.05, 0) is 36.6 Å². The maximum atomic E-state index is 12.2. The highest BCUT2D eigenvalue weighted by Crippen LogP contribution is 2.29. The molecule has 2 amide bonds. The monoisotopic (exact) mass is 405 g/mol. The molecular weight excluding hydrogens is 374 g/mol. The summed E-state index contributed by atoms with van der Waals surface area (Å²) in [7, 11) is 0. The predicted octanol–water partition coefficient (Wildman–Crippen LogP) is -3.05. The molecule has 1 fully saturated rings. The Balaban J connectivity index is 1.60. The molecule has 0 aromatic carbocycles. The van der Waals surface area contributed by atoms with Crippen molar-refractivity contribution in [3.8, 4) is 0 Å². The maximum absolute atomic E-state index is 12.2. The number of piperidine rings is 1. The minimum Gasteiger partial charge on any atom is -0.404 e. The lowest BCUT2D eigenvalue weighted by atomic mass is 9.87. The first kappa shape index (κ1) is 21.0. The summed E-state index contributed by atoms with van der Waals surface area (Å²) in [6.45, 7) is 1.87. The lowest BCUT2D eigenvalue weighted by Gasteiger charge is -2.39. The van der Waals surface area contributed by atoms with Crippen molar-refractivity contribution in [3.05, 3.63) is 35.1 Å². The molecule has 0 saturated carbocycles. The lowest BCUT2D eigenvalue weighted by Crippen LogP contribution is -2.55. The van der Waals surface area contributed by atoms with E-state index in [9.17, 15) is 9.59 Å².